The van der Waals surface area contributed by atoms with Gasteiger partial charge in [0.1, 0.15) is 0 Å². The van der Waals surface area contributed by atoms with Crippen LogP contribution in [-0.4, -0.2) is 32.8 Å². The molecule has 2 atom stereocenters. The standard InChI is InChI=1S/C7H10O2.In.H2N/c1-3-4-5-6(2)7(8)9;;/h3-6H,1H2,2H3,(H,8,9);;1H2/q;+1;-1. The summed E-state index contributed by atoms with van der Waals surface area (Å²) < 4.78 is 7.15. The molecule has 1 aliphatic heterocycles. The van der Waals surface area contributed by atoms with Crippen molar-refractivity contribution in [2.75, 3.05) is 0 Å². The van der Waals surface area contributed by atoms with Crippen LogP contribution in [0.1, 0.15) is 6.92 Å². The van der Waals surface area contributed by atoms with Crippen LogP contribution in [0.5, 0.6) is 0 Å². The number of hydrogen-bond donors (Lipinski definition) is 2. The Bertz CT molecular complexity index is 193. The molecule has 0 saturated heterocycles. The molecular formula is C7H12InNO2. The molecule has 0 bridgehead atoms. The molecule has 4 heteroatoms. The number of carboxylic acid groups (broad SMARTS) is 1. The molecule has 0 spiro atoms. The van der Waals surface area contributed by atoms with Gasteiger partial charge in [-0.15, -0.1) is 0 Å². The normalized spacial score (nSPS) is 25.6. The predicted molar refractivity (Wildman–Crippen MR) is 44.4 cm³/mol. The quantitative estimate of drug-likeness (QED) is 0.712. The van der Waals surface area contributed by atoms with Crippen LogP contribution in [-0.2, 0) is 4.79 Å². The van der Waals surface area contributed by atoms with E-state index in [0.717, 1.165) is 4.18 Å². The van der Waals surface area contributed by atoms with Gasteiger partial charge in [0.25, 0.3) is 0 Å². The Morgan fingerprint density at radius 2 is 2.55 bits per heavy atom. The first-order valence-corrected chi connectivity index (χ1v) is 9.91. The van der Waals surface area contributed by atoms with Crippen LogP contribution in [0.3, 0.4) is 0 Å². The Balaban J connectivity index is 2.59. The molecule has 0 saturated carbocycles. The second kappa shape index (κ2) is 3.63. The number of carbonyl (C=O) groups is 1. The van der Waals surface area contributed by atoms with Crippen LogP contribution in [0.15, 0.2) is 12.2 Å². The zero-order valence-corrected chi connectivity index (χ0v) is 9.82. The average molecular weight is 257 g/mol. The van der Waals surface area contributed by atoms with Crippen molar-refractivity contribution >= 4 is 27.7 Å². The van der Waals surface area contributed by atoms with Gasteiger partial charge < -0.3 is 0 Å². The van der Waals surface area contributed by atoms with Crippen molar-refractivity contribution in [3.05, 3.63) is 12.2 Å². The van der Waals surface area contributed by atoms with Gasteiger partial charge in [-0.05, 0) is 0 Å². The molecule has 2 unspecified atom stereocenters. The van der Waals surface area contributed by atoms with Crippen LogP contribution in [0.2, 0.25) is 7.85 Å². The first-order valence-electron chi connectivity index (χ1n) is 3.78. The summed E-state index contributed by atoms with van der Waals surface area (Å²) in [5.41, 5.74) is 0. The van der Waals surface area contributed by atoms with E-state index in [1.165, 1.54) is 0 Å². The van der Waals surface area contributed by atoms with Crippen molar-refractivity contribution in [2.24, 2.45) is 9.64 Å². The Morgan fingerprint density at radius 3 is 2.91 bits per heavy atom. The number of aliphatic carboxylic acids is 1. The fraction of sp³-hybridized carbons (Fsp3) is 0.571. The molecule has 0 aromatic rings. The van der Waals surface area contributed by atoms with Gasteiger partial charge in [-0.25, -0.2) is 0 Å². The maximum absolute atomic E-state index is 10.6. The monoisotopic (exact) mass is 257 g/mol. The van der Waals surface area contributed by atoms with E-state index in [0.29, 0.717) is 0 Å². The number of nitrogens with two attached hydrogens (primary N) is 1. The molecule has 0 aliphatic carbocycles. The summed E-state index contributed by atoms with van der Waals surface area (Å²) >= 11 is -1.92. The van der Waals surface area contributed by atoms with Gasteiger partial charge in [0.2, 0.25) is 0 Å². The van der Waals surface area contributed by atoms with Gasteiger partial charge in [0.15, 0.2) is 0 Å². The third-order valence-electron chi connectivity index (χ3n) is 2.23. The van der Waals surface area contributed by atoms with Crippen molar-refractivity contribution in [3.8, 4) is 0 Å². The van der Waals surface area contributed by atoms with E-state index in [-0.39, 0.29) is 9.59 Å². The van der Waals surface area contributed by atoms with E-state index in [4.69, 9.17) is 8.83 Å². The third-order valence-corrected chi connectivity index (χ3v) is 9.66. The molecule has 0 fully saturated rings. The van der Waals surface area contributed by atoms with Crippen molar-refractivity contribution in [1.29, 1.82) is 0 Å². The SMILES string of the molecule is CC(C(=O)O)[CH]1C=C[CH2][In]1[NH2]. The second-order valence-electron chi connectivity index (χ2n) is 3.03. The fourth-order valence-corrected chi connectivity index (χ4v) is 7.49. The van der Waals surface area contributed by atoms with E-state index >= 15 is 0 Å². The Kier molecular flexibility index (Phi) is 3.01. The maximum atomic E-state index is 10.6. The number of allylic oxidation sites excluding steroid dienone is 2. The average Bonchev–Trinajstić information content (AvgIpc) is 2.33. The molecule has 3 N–H and O–H groups in total. The first-order chi connectivity index (χ1) is 5.13. The van der Waals surface area contributed by atoms with Crippen molar-refractivity contribution in [1.82, 2.24) is 0 Å². The van der Waals surface area contributed by atoms with Gasteiger partial charge >= 0.3 is 74.2 Å². The number of hydrogen-bond acceptors (Lipinski definition) is 2. The number of carboxylic acids is 1. The van der Waals surface area contributed by atoms with E-state index in [1.54, 1.807) is 6.92 Å². The van der Waals surface area contributed by atoms with Crippen LogP contribution in [0.25, 0.3) is 0 Å². The zero-order chi connectivity index (χ0) is 8.43. The summed E-state index contributed by atoms with van der Waals surface area (Å²) in [4.78, 5) is 10.6. The Morgan fingerprint density at radius 1 is 1.91 bits per heavy atom. The predicted octanol–water partition coefficient (Wildman–Crippen LogP) is 0.597. The van der Waals surface area contributed by atoms with Gasteiger partial charge in [0, 0.05) is 0 Å². The van der Waals surface area contributed by atoms with E-state index in [1.807, 2.05) is 12.2 Å². The van der Waals surface area contributed by atoms with E-state index in [2.05, 4.69) is 0 Å². The molecule has 0 amide bonds. The topological polar surface area (TPSA) is 63.3 Å². The molecule has 3 nitrogen and oxygen atoms in total. The Hall–Kier alpha value is 0.0401. The van der Waals surface area contributed by atoms with Gasteiger partial charge in [-0.2, -0.15) is 0 Å². The fourth-order valence-electron chi connectivity index (χ4n) is 1.39. The summed E-state index contributed by atoms with van der Waals surface area (Å²) in [5.74, 6) is -0.978. The molecular weight excluding hydrogens is 245 g/mol. The first kappa shape index (κ1) is 9.13. The summed E-state index contributed by atoms with van der Waals surface area (Å²) in [5, 5.41) is 8.70. The van der Waals surface area contributed by atoms with Crippen LogP contribution in [0, 0.1) is 5.92 Å². The molecule has 1 aliphatic rings. The molecule has 0 aromatic heterocycles. The molecule has 60 valence electrons. The van der Waals surface area contributed by atoms with Gasteiger partial charge in [-0.1, -0.05) is 0 Å². The third kappa shape index (κ3) is 1.99. The van der Waals surface area contributed by atoms with E-state index in [9.17, 15) is 4.79 Å². The second-order valence-corrected chi connectivity index (χ2v) is 10.4. The van der Waals surface area contributed by atoms with Gasteiger partial charge in [-0.3, -0.25) is 0 Å². The summed E-state index contributed by atoms with van der Waals surface area (Å²) in [6, 6.07) is 0. The summed E-state index contributed by atoms with van der Waals surface area (Å²) in [6.45, 7) is 1.75. The summed E-state index contributed by atoms with van der Waals surface area (Å²) in [7, 11) is 0. The zero-order valence-electron chi connectivity index (χ0n) is 6.53. The number of rotatable bonds is 2. The molecule has 1 heterocycles. The van der Waals surface area contributed by atoms with Crippen molar-refractivity contribution < 1.29 is 9.90 Å². The summed E-state index contributed by atoms with van der Waals surface area (Å²) in [6.07, 6.45) is 4.05. The van der Waals surface area contributed by atoms with Crippen LogP contribution in [0.4, 0.5) is 0 Å². The van der Waals surface area contributed by atoms with Crippen LogP contribution >= 0.6 is 0 Å². The molecule has 11 heavy (non-hydrogen) atoms. The van der Waals surface area contributed by atoms with Crippen molar-refractivity contribution in [2.45, 2.75) is 14.8 Å². The molecule has 0 aromatic carbocycles. The van der Waals surface area contributed by atoms with E-state index < -0.39 is 27.7 Å². The van der Waals surface area contributed by atoms with Crippen LogP contribution < -0.4 is 3.72 Å². The Labute approximate surface area is 74.2 Å². The minimum atomic E-state index is -1.92. The van der Waals surface area contributed by atoms with Crippen molar-refractivity contribution in [3.63, 3.8) is 0 Å². The molecule has 0 radical (unpaired) electrons. The molecule has 1 rings (SSSR count). The van der Waals surface area contributed by atoms with Gasteiger partial charge in [0.05, 0.1) is 0 Å². The minimum absolute atomic E-state index is 0.231.